The zero-order chi connectivity index (χ0) is 27.6. The van der Waals surface area contributed by atoms with E-state index in [0.717, 1.165) is 34.3 Å². The van der Waals surface area contributed by atoms with Crippen LogP contribution in [0.2, 0.25) is 0 Å². The van der Waals surface area contributed by atoms with Gasteiger partial charge in [0.15, 0.2) is 0 Å². The molecule has 0 bridgehead atoms. The van der Waals surface area contributed by atoms with Crippen LogP contribution in [0.3, 0.4) is 0 Å². The molecule has 1 atom stereocenters. The third-order valence-electron chi connectivity index (χ3n) is 5.97. The Labute approximate surface area is 240 Å². The number of hydrogen-bond donors (Lipinski definition) is 3. The Hall–Kier alpha value is -1.52. The van der Waals surface area contributed by atoms with Gasteiger partial charge >= 0.3 is 0 Å². The molecule has 0 saturated heterocycles. The first-order valence-corrected chi connectivity index (χ1v) is 16.0. The van der Waals surface area contributed by atoms with Crippen molar-refractivity contribution in [2.45, 2.75) is 103 Å². The van der Waals surface area contributed by atoms with E-state index in [1.807, 2.05) is 30.1 Å². The molecule has 1 aliphatic rings. The fourth-order valence-corrected chi connectivity index (χ4v) is 4.66. The minimum atomic E-state index is 0.612. The predicted molar refractivity (Wildman–Crippen MR) is 176 cm³/mol. The molecule has 1 saturated carbocycles. The molecule has 1 fully saturated rings. The van der Waals surface area contributed by atoms with Crippen LogP contribution < -0.4 is 11.1 Å². The van der Waals surface area contributed by atoms with Gasteiger partial charge in [0.25, 0.3) is 0 Å². The molecule has 37 heavy (non-hydrogen) atoms. The molecular formula is C33H56N2S2. The summed E-state index contributed by atoms with van der Waals surface area (Å²) in [6.45, 7) is 15.6. The van der Waals surface area contributed by atoms with Crippen LogP contribution in [0.1, 0.15) is 97.8 Å². The number of allylic oxidation sites excluding steroid dienone is 8. The van der Waals surface area contributed by atoms with Gasteiger partial charge in [-0.15, -0.1) is 11.8 Å². The summed E-state index contributed by atoms with van der Waals surface area (Å²) in [7, 11) is 0. The molecule has 4 heteroatoms. The van der Waals surface area contributed by atoms with Gasteiger partial charge in [0.1, 0.15) is 0 Å². The number of rotatable bonds is 21. The van der Waals surface area contributed by atoms with Crippen LogP contribution in [0.15, 0.2) is 84.1 Å². The van der Waals surface area contributed by atoms with Crippen molar-refractivity contribution >= 4 is 24.4 Å². The number of unbranched alkanes of at least 4 members (excludes halogenated alkanes) is 7. The predicted octanol–water partition coefficient (Wildman–Crippen LogP) is 10.1. The van der Waals surface area contributed by atoms with E-state index in [1.54, 1.807) is 6.20 Å². The standard InChI is InChI=1S/C26H40N2S.C7H16S/c1-5-7-8-9-10-22(3)29-23(4)11-12-24(6-2)21-28-20-18-26(17-19-27)16-15-25-13-14-25;1-2-3-4-5-6-7-8/h6,11-12,15-19,21-22,25,28H,2,4-5,7-10,13-14,20,27H2,1,3H3;8H,2-7H2,1H3/b12-11+,16-15+,19-17-,24-21+,26-18-;. The maximum absolute atomic E-state index is 5.55. The average Bonchev–Trinajstić information content (AvgIpc) is 3.72. The van der Waals surface area contributed by atoms with Crippen LogP contribution in [0.4, 0.5) is 0 Å². The largest absolute Gasteiger partial charge is 0.405 e. The van der Waals surface area contributed by atoms with Crippen LogP contribution in [0.5, 0.6) is 0 Å². The normalized spacial score (nSPS) is 15.2. The van der Waals surface area contributed by atoms with Crippen molar-refractivity contribution in [1.29, 1.82) is 0 Å². The number of thiol groups is 1. The highest BCUT2D eigenvalue weighted by Gasteiger charge is 2.16. The highest BCUT2D eigenvalue weighted by atomic mass is 32.2. The number of nitrogens with two attached hydrogens (primary N) is 1. The molecule has 210 valence electrons. The molecule has 0 aromatic carbocycles. The molecule has 0 amide bonds. The second-order valence-corrected chi connectivity index (χ2v) is 11.7. The molecule has 0 aromatic heterocycles. The first kappa shape index (κ1) is 35.5. The lowest BCUT2D eigenvalue weighted by Gasteiger charge is -2.10. The molecule has 0 spiro atoms. The summed E-state index contributed by atoms with van der Waals surface area (Å²) < 4.78 is 0. The van der Waals surface area contributed by atoms with Crippen molar-refractivity contribution in [1.82, 2.24) is 5.32 Å². The van der Waals surface area contributed by atoms with Crippen molar-refractivity contribution < 1.29 is 0 Å². The molecule has 1 unspecified atom stereocenters. The van der Waals surface area contributed by atoms with Gasteiger partial charge in [0.05, 0.1) is 0 Å². The van der Waals surface area contributed by atoms with Crippen LogP contribution in [-0.2, 0) is 0 Å². The van der Waals surface area contributed by atoms with Gasteiger partial charge in [-0.1, -0.05) is 116 Å². The van der Waals surface area contributed by atoms with E-state index in [0.29, 0.717) is 5.25 Å². The van der Waals surface area contributed by atoms with E-state index in [1.165, 1.54) is 77.0 Å². The Morgan fingerprint density at radius 3 is 2.24 bits per heavy atom. The summed E-state index contributed by atoms with van der Waals surface area (Å²) in [4.78, 5) is 1.10. The van der Waals surface area contributed by atoms with Crippen LogP contribution in [-0.4, -0.2) is 17.5 Å². The van der Waals surface area contributed by atoms with Crippen molar-refractivity contribution in [3.8, 4) is 0 Å². The lowest BCUT2D eigenvalue weighted by atomic mass is 10.1. The smallest absolute Gasteiger partial charge is 0.0334 e. The van der Waals surface area contributed by atoms with E-state index < -0.39 is 0 Å². The van der Waals surface area contributed by atoms with E-state index in [-0.39, 0.29) is 0 Å². The number of nitrogens with one attached hydrogen (secondary N) is 1. The molecule has 3 N–H and O–H groups in total. The molecule has 0 aromatic rings. The summed E-state index contributed by atoms with van der Waals surface area (Å²) >= 11 is 5.98. The van der Waals surface area contributed by atoms with Gasteiger partial charge in [0, 0.05) is 22.9 Å². The maximum atomic E-state index is 5.55. The van der Waals surface area contributed by atoms with Crippen LogP contribution >= 0.6 is 24.4 Å². The lowest BCUT2D eigenvalue weighted by Crippen LogP contribution is -2.05. The van der Waals surface area contributed by atoms with Gasteiger partial charge in [-0.25, -0.2) is 0 Å². The number of hydrogen-bond acceptors (Lipinski definition) is 4. The zero-order valence-corrected chi connectivity index (χ0v) is 25.8. The van der Waals surface area contributed by atoms with Gasteiger partial charge in [0.2, 0.25) is 0 Å². The summed E-state index contributed by atoms with van der Waals surface area (Å²) in [5.41, 5.74) is 7.72. The summed E-state index contributed by atoms with van der Waals surface area (Å²) in [6, 6.07) is 0. The van der Waals surface area contributed by atoms with Crippen LogP contribution in [0.25, 0.3) is 0 Å². The van der Waals surface area contributed by atoms with E-state index in [2.05, 4.69) is 82.3 Å². The van der Waals surface area contributed by atoms with Crippen molar-refractivity contribution in [3.05, 3.63) is 84.1 Å². The van der Waals surface area contributed by atoms with Crippen molar-refractivity contribution in [2.24, 2.45) is 11.7 Å². The molecule has 0 radical (unpaired) electrons. The maximum Gasteiger partial charge on any atom is 0.0334 e. The highest BCUT2D eigenvalue weighted by Crippen LogP contribution is 2.30. The Bertz CT molecular complexity index is 721. The minimum Gasteiger partial charge on any atom is -0.405 e. The Morgan fingerprint density at radius 2 is 1.65 bits per heavy atom. The van der Waals surface area contributed by atoms with Gasteiger partial charge in [-0.05, 0) is 66.9 Å². The molecule has 0 aliphatic heterocycles. The monoisotopic (exact) mass is 544 g/mol. The Morgan fingerprint density at radius 1 is 0.973 bits per heavy atom. The average molecular weight is 545 g/mol. The van der Waals surface area contributed by atoms with Crippen LogP contribution in [0, 0.1) is 5.92 Å². The second-order valence-electron chi connectivity index (χ2n) is 9.73. The van der Waals surface area contributed by atoms with E-state index in [4.69, 9.17) is 5.73 Å². The molecule has 0 heterocycles. The highest BCUT2D eigenvalue weighted by molar-refractivity contribution is 8.03. The van der Waals surface area contributed by atoms with Gasteiger partial charge in [-0.2, -0.15) is 12.6 Å². The van der Waals surface area contributed by atoms with Gasteiger partial charge < -0.3 is 11.1 Å². The number of thioether (sulfide) groups is 1. The quantitative estimate of drug-likeness (QED) is 0.0764. The summed E-state index contributed by atoms with van der Waals surface area (Å²) in [5.74, 6) is 1.82. The first-order valence-electron chi connectivity index (χ1n) is 14.5. The Balaban J connectivity index is 0.00000139. The minimum absolute atomic E-state index is 0.612. The molecule has 1 aliphatic carbocycles. The van der Waals surface area contributed by atoms with E-state index >= 15 is 0 Å². The first-order chi connectivity index (χ1) is 18.0. The fraction of sp³-hybridized carbons (Fsp3) is 0.576. The van der Waals surface area contributed by atoms with Gasteiger partial charge in [-0.3, -0.25) is 0 Å². The summed E-state index contributed by atoms with van der Waals surface area (Å²) in [6.07, 6.45) is 34.0. The Kier molecular flexibility index (Phi) is 25.0. The lowest BCUT2D eigenvalue weighted by molar-refractivity contribution is 0.631. The van der Waals surface area contributed by atoms with Crippen molar-refractivity contribution in [3.63, 3.8) is 0 Å². The molecular weight excluding hydrogens is 489 g/mol. The molecule has 1 rings (SSSR count). The summed E-state index contributed by atoms with van der Waals surface area (Å²) in [5, 5.41) is 3.94. The second kappa shape index (κ2) is 26.1. The topological polar surface area (TPSA) is 38.0 Å². The fourth-order valence-electron chi connectivity index (χ4n) is 3.49. The molecule has 2 nitrogen and oxygen atoms in total. The SMILES string of the molecule is C=CC(/C=C/C(=C)SC(C)CCCCCC)=C\NC/C=C(\C=C/N)/C=C/C1CC1.CCCCCCCS. The van der Waals surface area contributed by atoms with E-state index in [9.17, 15) is 0 Å². The van der Waals surface area contributed by atoms with Crippen molar-refractivity contribution in [2.75, 3.05) is 12.3 Å². The zero-order valence-electron chi connectivity index (χ0n) is 24.1. The third kappa shape index (κ3) is 24.6. The third-order valence-corrected chi connectivity index (χ3v) is 7.36.